The van der Waals surface area contributed by atoms with Crippen LogP contribution >= 0.6 is 0 Å². The highest BCUT2D eigenvalue weighted by molar-refractivity contribution is 5.40. The van der Waals surface area contributed by atoms with Crippen molar-refractivity contribution in [3.05, 3.63) is 12.3 Å². The smallest absolute Gasteiger partial charge is 0.224 e. The van der Waals surface area contributed by atoms with Crippen LogP contribution in [0.4, 0.5) is 11.8 Å². The molecule has 0 spiro atoms. The Balaban J connectivity index is 1.93. The van der Waals surface area contributed by atoms with Crippen molar-refractivity contribution in [2.24, 2.45) is 0 Å². The summed E-state index contributed by atoms with van der Waals surface area (Å²) in [5.41, 5.74) is 0. The highest BCUT2D eigenvalue weighted by Gasteiger charge is 2.19. The van der Waals surface area contributed by atoms with Gasteiger partial charge in [-0.1, -0.05) is 0 Å². The van der Waals surface area contributed by atoms with Crippen LogP contribution in [0.5, 0.6) is 0 Å². The molecule has 5 nitrogen and oxygen atoms in total. The van der Waals surface area contributed by atoms with Crippen molar-refractivity contribution in [2.75, 3.05) is 17.7 Å². The van der Waals surface area contributed by atoms with Crippen LogP contribution in [0.15, 0.2) is 12.3 Å². The summed E-state index contributed by atoms with van der Waals surface area (Å²) in [4.78, 5) is 8.37. The van der Waals surface area contributed by atoms with E-state index in [2.05, 4.69) is 20.6 Å². The predicted molar refractivity (Wildman–Crippen MR) is 63.5 cm³/mol. The normalized spacial score (nSPS) is 25.1. The van der Waals surface area contributed by atoms with Crippen molar-refractivity contribution >= 4 is 11.8 Å². The van der Waals surface area contributed by atoms with Crippen LogP contribution in [0.3, 0.4) is 0 Å². The van der Waals surface area contributed by atoms with Crippen LogP contribution in [0.1, 0.15) is 25.7 Å². The Kier molecular flexibility index (Phi) is 3.56. The topological polar surface area (TPSA) is 70.1 Å². The molecule has 1 heterocycles. The van der Waals surface area contributed by atoms with Gasteiger partial charge in [0.25, 0.3) is 0 Å². The molecule has 0 unspecified atom stereocenters. The average Bonchev–Trinajstić information content (AvgIpc) is 2.32. The van der Waals surface area contributed by atoms with Gasteiger partial charge in [0.2, 0.25) is 5.95 Å². The van der Waals surface area contributed by atoms with Gasteiger partial charge in [0.15, 0.2) is 0 Å². The Hall–Kier alpha value is -1.36. The van der Waals surface area contributed by atoms with Crippen molar-refractivity contribution in [1.29, 1.82) is 0 Å². The first-order chi connectivity index (χ1) is 7.78. The number of anilines is 2. The molecule has 0 aromatic carbocycles. The third-order valence-corrected chi connectivity index (χ3v) is 2.93. The molecule has 2 rings (SSSR count). The fourth-order valence-corrected chi connectivity index (χ4v) is 1.99. The maximum absolute atomic E-state index is 9.41. The SMILES string of the molecule is CNc1nccc(NC2CCC(O)CC2)n1. The van der Waals surface area contributed by atoms with E-state index in [0.717, 1.165) is 31.5 Å². The summed E-state index contributed by atoms with van der Waals surface area (Å²) in [6.45, 7) is 0. The summed E-state index contributed by atoms with van der Waals surface area (Å²) >= 11 is 0. The number of hydrogen-bond donors (Lipinski definition) is 3. The molecule has 1 aromatic rings. The largest absolute Gasteiger partial charge is 0.393 e. The van der Waals surface area contributed by atoms with E-state index in [4.69, 9.17) is 0 Å². The monoisotopic (exact) mass is 222 g/mol. The Morgan fingerprint density at radius 1 is 1.31 bits per heavy atom. The Morgan fingerprint density at radius 2 is 2.06 bits per heavy atom. The number of nitrogens with zero attached hydrogens (tertiary/aromatic N) is 2. The number of rotatable bonds is 3. The first-order valence-electron chi connectivity index (χ1n) is 5.73. The van der Waals surface area contributed by atoms with Crippen molar-refractivity contribution in [2.45, 2.75) is 37.8 Å². The lowest BCUT2D eigenvalue weighted by atomic mass is 9.93. The second-order valence-corrected chi connectivity index (χ2v) is 4.17. The van der Waals surface area contributed by atoms with Crippen molar-refractivity contribution in [3.8, 4) is 0 Å². The van der Waals surface area contributed by atoms with Gasteiger partial charge in [-0.15, -0.1) is 0 Å². The molecule has 0 atom stereocenters. The minimum Gasteiger partial charge on any atom is -0.393 e. The number of aromatic nitrogens is 2. The zero-order valence-corrected chi connectivity index (χ0v) is 9.48. The van der Waals surface area contributed by atoms with Crippen LogP contribution in [0.2, 0.25) is 0 Å². The highest BCUT2D eigenvalue weighted by Crippen LogP contribution is 2.21. The summed E-state index contributed by atoms with van der Waals surface area (Å²) in [5.74, 6) is 1.47. The molecule has 1 aliphatic rings. The first-order valence-corrected chi connectivity index (χ1v) is 5.73. The number of aliphatic hydroxyl groups is 1. The molecule has 1 aromatic heterocycles. The van der Waals surface area contributed by atoms with Crippen molar-refractivity contribution < 1.29 is 5.11 Å². The standard InChI is InChI=1S/C11H18N4O/c1-12-11-13-7-6-10(15-11)14-8-2-4-9(16)5-3-8/h6-9,16H,2-5H2,1H3,(H2,12,13,14,15). The van der Waals surface area contributed by atoms with Gasteiger partial charge in [0.1, 0.15) is 5.82 Å². The molecule has 1 saturated carbocycles. The number of nitrogens with one attached hydrogen (secondary N) is 2. The zero-order valence-electron chi connectivity index (χ0n) is 9.48. The van der Waals surface area contributed by atoms with Gasteiger partial charge in [-0.2, -0.15) is 4.98 Å². The summed E-state index contributed by atoms with van der Waals surface area (Å²) in [7, 11) is 1.80. The van der Waals surface area contributed by atoms with E-state index in [1.165, 1.54) is 0 Å². The molecule has 0 aliphatic heterocycles. The zero-order chi connectivity index (χ0) is 11.4. The fourth-order valence-electron chi connectivity index (χ4n) is 1.99. The first kappa shape index (κ1) is 11.1. The lowest BCUT2D eigenvalue weighted by molar-refractivity contribution is 0.126. The van der Waals surface area contributed by atoms with Gasteiger partial charge >= 0.3 is 0 Å². The third kappa shape index (κ3) is 2.82. The van der Waals surface area contributed by atoms with E-state index in [1.807, 2.05) is 6.07 Å². The van der Waals surface area contributed by atoms with E-state index < -0.39 is 0 Å². The quantitative estimate of drug-likeness (QED) is 0.717. The Morgan fingerprint density at radius 3 is 2.75 bits per heavy atom. The minimum absolute atomic E-state index is 0.115. The van der Waals surface area contributed by atoms with Crippen LogP contribution in [-0.4, -0.2) is 34.3 Å². The van der Waals surface area contributed by atoms with E-state index in [0.29, 0.717) is 12.0 Å². The molecule has 0 saturated heterocycles. The van der Waals surface area contributed by atoms with Crippen molar-refractivity contribution in [1.82, 2.24) is 9.97 Å². The summed E-state index contributed by atoms with van der Waals surface area (Å²) < 4.78 is 0. The molecule has 88 valence electrons. The number of hydrogen-bond acceptors (Lipinski definition) is 5. The fraction of sp³-hybridized carbons (Fsp3) is 0.636. The van der Waals surface area contributed by atoms with Crippen LogP contribution in [-0.2, 0) is 0 Å². The van der Waals surface area contributed by atoms with Gasteiger partial charge in [-0.3, -0.25) is 0 Å². The summed E-state index contributed by atoms with van der Waals surface area (Å²) in [5, 5.41) is 15.7. The maximum Gasteiger partial charge on any atom is 0.224 e. The maximum atomic E-state index is 9.41. The van der Waals surface area contributed by atoms with Gasteiger partial charge in [-0.25, -0.2) is 4.98 Å². The predicted octanol–water partition coefficient (Wildman–Crippen LogP) is 1.23. The van der Waals surface area contributed by atoms with E-state index >= 15 is 0 Å². The van der Waals surface area contributed by atoms with Gasteiger partial charge in [-0.05, 0) is 31.7 Å². The summed E-state index contributed by atoms with van der Waals surface area (Å²) in [6, 6.07) is 2.29. The Labute approximate surface area is 95.3 Å². The van der Waals surface area contributed by atoms with Gasteiger partial charge in [0, 0.05) is 19.3 Å². The highest BCUT2D eigenvalue weighted by atomic mass is 16.3. The molecule has 3 N–H and O–H groups in total. The van der Waals surface area contributed by atoms with Crippen LogP contribution in [0.25, 0.3) is 0 Å². The Bertz CT molecular complexity index is 337. The van der Waals surface area contributed by atoms with Gasteiger partial charge < -0.3 is 15.7 Å². The lowest BCUT2D eigenvalue weighted by Gasteiger charge is -2.26. The van der Waals surface area contributed by atoms with E-state index in [-0.39, 0.29) is 6.10 Å². The molecule has 0 amide bonds. The summed E-state index contributed by atoms with van der Waals surface area (Å²) in [6.07, 6.45) is 5.37. The minimum atomic E-state index is -0.115. The second-order valence-electron chi connectivity index (χ2n) is 4.17. The molecule has 5 heteroatoms. The molecule has 1 aliphatic carbocycles. The average molecular weight is 222 g/mol. The lowest BCUT2D eigenvalue weighted by Crippen LogP contribution is -2.28. The number of aliphatic hydroxyl groups excluding tert-OH is 1. The molecule has 16 heavy (non-hydrogen) atoms. The third-order valence-electron chi connectivity index (χ3n) is 2.93. The van der Waals surface area contributed by atoms with E-state index in [1.54, 1.807) is 13.2 Å². The van der Waals surface area contributed by atoms with Crippen LogP contribution in [0, 0.1) is 0 Å². The molecular weight excluding hydrogens is 204 g/mol. The molecule has 0 radical (unpaired) electrons. The van der Waals surface area contributed by atoms with Crippen molar-refractivity contribution in [3.63, 3.8) is 0 Å². The molecule has 0 bridgehead atoms. The molecular formula is C11H18N4O. The van der Waals surface area contributed by atoms with E-state index in [9.17, 15) is 5.11 Å². The van der Waals surface area contributed by atoms with Crippen LogP contribution < -0.4 is 10.6 Å². The van der Waals surface area contributed by atoms with Gasteiger partial charge in [0.05, 0.1) is 6.10 Å². The second kappa shape index (κ2) is 5.12. The molecule has 1 fully saturated rings.